The highest BCUT2D eigenvalue weighted by atomic mass is 28.3. The van der Waals surface area contributed by atoms with Crippen LogP contribution in [0.15, 0.2) is 140 Å². The fourth-order valence-corrected chi connectivity index (χ4v) is 22.0. The van der Waals surface area contributed by atoms with Gasteiger partial charge >= 0.3 is 0 Å². The van der Waals surface area contributed by atoms with Gasteiger partial charge in [-0.2, -0.15) is 0 Å². The molecule has 0 aliphatic carbocycles. The van der Waals surface area contributed by atoms with Gasteiger partial charge in [-0.3, -0.25) is 0 Å². The largest absolute Gasteiger partial charge is 0.310 e. The third kappa shape index (κ3) is 6.55. The first-order chi connectivity index (χ1) is 39.7. The summed E-state index contributed by atoms with van der Waals surface area (Å²) in [6, 6.07) is 58.3. The van der Waals surface area contributed by atoms with E-state index >= 15 is 0 Å². The molecule has 0 fully saturated rings. The Hall–Kier alpha value is -7.34. The Morgan fingerprint density at radius 2 is 0.952 bits per heavy atom. The summed E-state index contributed by atoms with van der Waals surface area (Å²) < 4.78 is 8.28. The van der Waals surface area contributed by atoms with E-state index in [2.05, 4.69) is 278 Å². The molecule has 0 unspecified atom stereocenters. The third-order valence-corrected chi connectivity index (χ3v) is 25.8. The number of nitrogens with zero attached hydrogens (tertiary/aromatic N) is 3. The van der Waals surface area contributed by atoms with E-state index < -0.39 is 8.07 Å². The molecule has 16 rings (SSSR count). The van der Waals surface area contributed by atoms with Crippen molar-refractivity contribution in [2.75, 3.05) is 0 Å². The molecule has 0 radical (unpaired) electrons. The lowest BCUT2D eigenvalue weighted by Crippen LogP contribution is -2.77. The number of aromatic nitrogens is 3. The molecule has 4 aliphatic heterocycles. The average molecular weight is 1110 g/mol. The molecule has 1 spiro atoms. The molecule has 4 aliphatic rings. The van der Waals surface area contributed by atoms with Crippen molar-refractivity contribution in [1.29, 1.82) is 0 Å². The molecule has 0 saturated heterocycles. The third-order valence-electron chi connectivity index (χ3n) is 20.9. The van der Waals surface area contributed by atoms with Crippen LogP contribution in [0, 0.1) is 0 Å². The van der Waals surface area contributed by atoms with Gasteiger partial charge in [-0.05, 0) is 181 Å². The van der Waals surface area contributed by atoms with Crippen LogP contribution in [-0.2, 0) is 21.7 Å². The van der Waals surface area contributed by atoms with Crippen molar-refractivity contribution in [2.45, 2.75) is 164 Å². The number of fused-ring (bicyclic) bond motifs is 18. The van der Waals surface area contributed by atoms with Crippen LogP contribution >= 0.6 is 0 Å². The van der Waals surface area contributed by atoms with E-state index in [4.69, 9.17) is 0 Å². The molecule has 84 heavy (non-hydrogen) atoms. The maximum atomic E-state index is 2.86. The van der Waals surface area contributed by atoms with Gasteiger partial charge in [0.2, 0.25) is 0 Å². The fraction of sp³-hybridized carbons (Fsp3) is 0.316. The van der Waals surface area contributed by atoms with E-state index in [1.807, 2.05) is 0 Å². The zero-order chi connectivity index (χ0) is 58.7. The Morgan fingerprint density at radius 1 is 0.381 bits per heavy atom. The maximum Gasteiger partial charge on any atom is 0.252 e. The van der Waals surface area contributed by atoms with Crippen LogP contribution < -0.4 is 37.1 Å². The van der Waals surface area contributed by atoms with Crippen LogP contribution in [0.3, 0.4) is 0 Å². The summed E-state index contributed by atoms with van der Waals surface area (Å²) in [5.74, 6) is 1.13. The second-order valence-electron chi connectivity index (χ2n) is 31.1. The van der Waals surface area contributed by atoms with Gasteiger partial charge in [0.15, 0.2) is 8.07 Å². The monoisotopic (exact) mass is 1110 g/mol. The molecular formula is C79H80BN3Si. The van der Waals surface area contributed by atoms with E-state index in [1.165, 1.54) is 154 Å². The quantitative estimate of drug-likeness (QED) is 0.156. The second kappa shape index (κ2) is 16.5. The molecule has 0 saturated carbocycles. The van der Waals surface area contributed by atoms with E-state index in [0.29, 0.717) is 17.8 Å². The first-order valence-electron chi connectivity index (χ1n) is 31.5. The smallest absolute Gasteiger partial charge is 0.252 e. The summed E-state index contributed by atoms with van der Waals surface area (Å²) in [7, 11) is -3.22. The molecule has 3 nitrogen and oxygen atoms in total. The van der Waals surface area contributed by atoms with Crippen LogP contribution in [0.25, 0.3) is 93.6 Å². The van der Waals surface area contributed by atoms with Gasteiger partial charge in [-0.15, -0.1) is 0 Å². The minimum atomic E-state index is -3.22. The molecule has 3 aromatic heterocycles. The van der Waals surface area contributed by atoms with E-state index in [-0.39, 0.29) is 28.4 Å². The number of hydrogen-bond acceptors (Lipinski definition) is 0. The highest BCUT2D eigenvalue weighted by Gasteiger charge is 2.57. The highest BCUT2D eigenvalue weighted by molar-refractivity contribution is 7.24. The zero-order valence-electron chi connectivity index (χ0n) is 52.9. The molecule has 0 bridgehead atoms. The molecule has 5 heteroatoms. The SMILES string of the molecule is CC(C)c1ccc(-n2c3ccc(C(C)C)cc3c3c4c5c(C(C)C)cccc5n5c4c(cc32)B2c3c-5ccc4c3-n3c5c2cc(C(C)(C)C)cc5c2cc(C(C)(C)C)cc(c23)[Si]42c3cc(C(C)(C)C)ccc3-c3ccc(C(C)(C)C)cc32)cc1. The Balaban J connectivity index is 1.17. The molecule has 418 valence electrons. The summed E-state index contributed by atoms with van der Waals surface area (Å²) in [4.78, 5) is 0. The molecule has 0 amide bonds. The first kappa shape index (κ1) is 52.2. The summed E-state index contributed by atoms with van der Waals surface area (Å²) in [5, 5.41) is 14.5. The van der Waals surface area contributed by atoms with Crippen molar-refractivity contribution in [1.82, 2.24) is 13.7 Å². The Morgan fingerprint density at radius 3 is 1.55 bits per heavy atom. The fourth-order valence-electron chi connectivity index (χ4n) is 16.4. The van der Waals surface area contributed by atoms with Crippen LogP contribution in [-0.4, -0.2) is 28.5 Å². The van der Waals surface area contributed by atoms with Gasteiger partial charge in [-0.1, -0.05) is 210 Å². The normalized spacial score (nSPS) is 14.9. The van der Waals surface area contributed by atoms with Crippen molar-refractivity contribution in [3.63, 3.8) is 0 Å². The number of hydrogen-bond donors (Lipinski definition) is 0. The summed E-state index contributed by atoms with van der Waals surface area (Å²) in [5.41, 5.74) is 28.6. The predicted molar refractivity (Wildman–Crippen MR) is 367 cm³/mol. The Kier molecular flexibility index (Phi) is 10.3. The van der Waals surface area contributed by atoms with Crippen LogP contribution in [0.4, 0.5) is 0 Å². The summed E-state index contributed by atoms with van der Waals surface area (Å²) >= 11 is 0. The van der Waals surface area contributed by atoms with Crippen molar-refractivity contribution in [3.05, 3.63) is 178 Å². The first-order valence-corrected chi connectivity index (χ1v) is 33.5. The minimum Gasteiger partial charge on any atom is -0.310 e. The van der Waals surface area contributed by atoms with Crippen molar-refractivity contribution < 1.29 is 0 Å². The summed E-state index contributed by atoms with van der Waals surface area (Å²) in [6.07, 6.45) is 0. The zero-order valence-corrected chi connectivity index (χ0v) is 53.9. The van der Waals surface area contributed by atoms with Crippen molar-refractivity contribution in [3.8, 4) is 28.2 Å². The van der Waals surface area contributed by atoms with Crippen molar-refractivity contribution in [2.24, 2.45) is 0 Å². The van der Waals surface area contributed by atoms with Gasteiger partial charge in [0.05, 0.1) is 27.6 Å². The lowest BCUT2D eigenvalue weighted by molar-refractivity contribution is 0.590. The van der Waals surface area contributed by atoms with Gasteiger partial charge < -0.3 is 13.7 Å². The van der Waals surface area contributed by atoms with Crippen LogP contribution in [0.1, 0.15) is 181 Å². The number of benzene rings is 9. The van der Waals surface area contributed by atoms with Crippen LogP contribution in [0.2, 0.25) is 0 Å². The van der Waals surface area contributed by atoms with E-state index in [9.17, 15) is 0 Å². The van der Waals surface area contributed by atoms with Gasteiger partial charge in [0.25, 0.3) is 6.71 Å². The number of rotatable bonds is 4. The van der Waals surface area contributed by atoms with Gasteiger partial charge in [0, 0.05) is 54.9 Å². The highest BCUT2D eigenvalue weighted by Crippen LogP contribution is 2.49. The average Bonchev–Trinajstić information content (AvgIpc) is 1.42. The van der Waals surface area contributed by atoms with Crippen LogP contribution in [0.5, 0.6) is 0 Å². The molecule has 9 aromatic carbocycles. The maximum absolute atomic E-state index is 3.22. The molecule has 7 heterocycles. The molecule has 0 N–H and O–H groups in total. The van der Waals surface area contributed by atoms with Gasteiger partial charge in [-0.25, -0.2) is 0 Å². The standard InChI is InChI=1S/C79H80BN3Si/c1-42(2)45-22-27-51(28-23-45)81-60-31-24-46(43(3)4)34-57(60)69-63(81)41-59-74-70(69)68-52(44(5)6)20-19-21-61(68)82(74)62-32-33-64-75-71(62)80(59)58-37-49(78(13,14)15)35-55-56-36-50(79(16,17)18)40-67(73(56)83(75)72(55)58)84(64)65-38-47(76(7,8)9)25-29-53(65)54-30-26-48(39-66(54)84)77(10,11)12/h19-44H,1-18H3. The van der Waals surface area contributed by atoms with E-state index in [0.717, 1.165) is 0 Å². The molecule has 12 aromatic rings. The van der Waals surface area contributed by atoms with Gasteiger partial charge in [0.1, 0.15) is 0 Å². The lowest BCUT2D eigenvalue weighted by atomic mass is 9.34. The Labute approximate surface area is 498 Å². The minimum absolute atomic E-state index is 0.0460. The van der Waals surface area contributed by atoms with E-state index in [1.54, 1.807) is 15.6 Å². The van der Waals surface area contributed by atoms with Crippen molar-refractivity contribution >= 4 is 117 Å². The topological polar surface area (TPSA) is 14.8 Å². The second-order valence-corrected chi connectivity index (χ2v) is 34.8. The predicted octanol–water partition coefficient (Wildman–Crippen LogP) is 16.4. The summed E-state index contributed by atoms with van der Waals surface area (Å²) in [6.45, 7) is 43.2. The lowest BCUT2D eigenvalue weighted by Gasteiger charge is -2.43. The molecule has 0 atom stereocenters. The molecular weight excluding hydrogens is 1030 g/mol. The Bertz CT molecular complexity index is 4900.